The molecule has 1 aliphatic heterocycles. The average Bonchev–Trinajstić information content (AvgIpc) is 2.16. The number of thioether (sulfide) groups is 1. The maximum absolute atomic E-state index is 4.30. The van der Waals surface area contributed by atoms with Crippen LogP contribution in [0.4, 0.5) is 0 Å². The molecule has 1 aromatic heterocycles. The molecular formula is C11H16N2S. The molecular weight excluding hydrogens is 192 g/mol. The van der Waals surface area contributed by atoms with Gasteiger partial charge in [0.1, 0.15) is 0 Å². The minimum absolute atomic E-state index is 0.920. The van der Waals surface area contributed by atoms with Crippen molar-refractivity contribution in [2.75, 3.05) is 24.6 Å². The third-order valence-corrected chi connectivity index (χ3v) is 3.65. The highest BCUT2D eigenvalue weighted by Gasteiger charge is 2.15. The van der Waals surface area contributed by atoms with Gasteiger partial charge in [-0.2, -0.15) is 11.8 Å². The molecule has 3 heteroatoms. The zero-order valence-electron chi connectivity index (χ0n) is 8.28. The van der Waals surface area contributed by atoms with E-state index in [0.29, 0.717) is 0 Å². The van der Waals surface area contributed by atoms with Crippen LogP contribution in [0, 0.1) is 5.92 Å². The molecule has 1 saturated heterocycles. The molecule has 1 aromatic rings. The van der Waals surface area contributed by atoms with E-state index in [1.54, 1.807) is 0 Å². The number of pyridine rings is 1. The van der Waals surface area contributed by atoms with Crippen LogP contribution in [0.1, 0.15) is 5.69 Å². The Morgan fingerprint density at radius 3 is 3.00 bits per heavy atom. The monoisotopic (exact) mass is 208 g/mol. The standard InChI is InChI=1S/C11H16N2S/c1-2-5-13-11(3-1)4-6-14-9-10-7-12-8-10/h1-3,5,10,12H,4,6-9H2. The number of aromatic nitrogens is 1. The van der Waals surface area contributed by atoms with Crippen molar-refractivity contribution in [3.63, 3.8) is 0 Å². The van der Waals surface area contributed by atoms with E-state index in [9.17, 15) is 0 Å². The SMILES string of the molecule is c1ccc(CCSCC2CNC2)nc1. The van der Waals surface area contributed by atoms with Crippen molar-refractivity contribution in [3.8, 4) is 0 Å². The number of hydrogen-bond acceptors (Lipinski definition) is 3. The molecule has 0 unspecified atom stereocenters. The van der Waals surface area contributed by atoms with Gasteiger partial charge in [-0.15, -0.1) is 0 Å². The summed E-state index contributed by atoms with van der Waals surface area (Å²) in [5, 5.41) is 3.29. The van der Waals surface area contributed by atoms with Gasteiger partial charge < -0.3 is 5.32 Å². The van der Waals surface area contributed by atoms with Gasteiger partial charge >= 0.3 is 0 Å². The van der Waals surface area contributed by atoms with Gasteiger partial charge in [0.25, 0.3) is 0 Å². The lowest BCUT2D eigenvalue weighted by Crippen LogP contribution is -2.43. The highest BCUT2D eigenvalue weighted by molar-refractivity contribution is 7.99. The quantitative estimate of drug-likeness (QED) is 0.744. The number of aryl methyl sites for hydroxylation is 1. The molecule has 0 atom stereocenters. The van der Waals surface area contributed by atoms with Crippen LogP contribution in [0.5, 0.6) is 0 Å². The molecule has 2 nitrogen and oxygen atoms in total. The maximum atomic E-state index is 4.30. The van der Waals surface area contributed by atoms with E-state index >= 15 is 0 Å². The fourth-order valence-electron chi connectivity index (χ4n) is 1.44. The molecule has 0 amide bonds. The number of hydrogen-bond donors (Lipinski definition) is 1. The summed E-state index contributed by atoms with van der Waals surface area (Å²) in [6.45, 7) is 2.44. The fraction of sp³-hybridized carbons (Fsp3) is 0.545. The Balaban J connectivity index is 1.58. The highest BCUT2D eigenvalue weighted by atomic mass is 32.2. The Hall–Kier alpha value is -0.540. The minimum atomic E-state index is 0.920. The molecule has 2 rings (SSSR count). The minimum Gasteiger partial charge on any atom is -0.316 e. The number of nitrogens with zero attached hydrogens (tertiary/aromatic N) is 1. The second-order valence-electron chi connectivity index (χ2n) is 3.67. The summed E-state index contributed by atoms with van der Waals surface area (Å²) in [7, 11) is 0. The summed E-state index contributed by atoms with van der Waals surface area (Å²) in [6.07, 6.45) is 2.97. The second-order valence-corrected chi connectivity index (χ2v) is 4.82. The van der Waals surface area contributed by atoms with Crippen molar-refractivity contribution >= 4 is 11.8 Å². The van der Waals surface area contributed by atoms with Crippen LogP contribution >= 0.6 is 11.8 Å². The smallest absolute Gasteiger partial charge is 0.0411 e. The first-order valence-corrected chi connectivity index (χ1v) is 6.29. The number of nitrogens with one attached hydrogen (secondary N) is 1. The molecule has 0 spiro atoms. The molecule has 0 radical (unpaired) electrons. The van der Waals surface area contributed by atoms with Crippen molar-refractivity contribution in [3.05, 3.63) is 30.1 Å². The van der Waals surface area contributed by atoms with Gasteiger partial charge in [0, 0.05) is 11.9 Å². The van der Waals surface area contributed by atoms with E-state index in [1.165, 1.54) is 30.3 Å². The lowest BCUT2D eigenvalue weighted by atomic mass is 10.1. The molecule has 0 saturated carbocycles. The Bertz CT molecular complexity index is 259. The largest absolute Gasteiger partial charge is 0.316 e. The van der Waals surface area contributed by atoms with Gasteiger partial charge in [0.05, 0.1) is 0 Å². The molecule has 1 fully saturated rings. The maximum Gasteiger partial charge on any atom is 0.0411 e. The predicted molar refractivity (Wildman–Crippen MR) is 61.6 cm³/mol. The van der Waals surface area contributed by atoms with Crippen molar-refractivity contribution in [2.24, 2.45) is 5.92 Å². The van der Waals surface area contributed by atoms with Crippen molar-refractivity contribution in [1.82, 2.24) is 10.3 Å². The summed E-state index contributed by atoms with van der Waals surface area (Å²) >= 11 is 2.05. The predicted octanol–water partition coefficient (Wildman–Crippen LogP) is 1.58. The molecule has 14 heavy (non-hydrogen) atoms. The van der Waals surface area contributed by atoms with E-state index in [1.807, 2.05) is 12.3 Å². The van der Waals surface area contributed by atoms with Gasteiger partial charge in [-0.05, 0) is 49.1 Å². The lowest BCUT2D eigenvalue weighted by Gasteiger charge is -2.26. The average molecular weight is 208 g/mol. The summed E-state index contributed by atoms with van der Waals surface area (Å²) in [5.74, 6) is 3.43. The fourth-order valence-corrected chi connectivity index (χ4v) is 2.53. The first-order valence-electron chi connectivity index (χ1n) is 5.13. The topological polar surface area (TPSA) is 24.9 Å². The Kier molecular flexibility index (Phi) is 3.83. The zero-order valence-corrected chi connectivity index (χ0v) is 9.09. The Labute approximate surface area is 89.5 Å². The Morgan fingerprint density at radius 2 is 2.36 bits per heavy atom. The van der Waals surface area contributed by atoms with E-state index < -0.39 is 0 Å². The molecule has 76 valence electrons. The zero-order chi connectivity index (χ0) is 9.64. The van der Waals surface area contributed by atoms with Gasteiger partial charge in [-0.3, -0.25) is 4.98 Å². The summed E-state index contributed by atoms with van der Waals surface area (Å²) in [6, 6.07) is 6.13. The normalized spacial score (nSPS) is 16.6. The van der Waals surface area contributed by atoms with Gasteiger partial charge in [0.2, 0.25) is 0 Å². The van der Waals surface area contributed by atoms with Crippen LogP contribution in [0.2, 0.25) is 0 Å². The highest BCUT2D eigenvalue weighted by Crippen LogP contribution is 2.13. The van der Waals surface area contributed by atoms with Crippen LogP contribution in [-0.4, -0.2) is 29.6 Å². The molecule has 0 aliphatic carbocycles. The molecule has 0 aromatic carbocycles. The first kappa shape index (κ1) is 9.99. The van der Waals surface area contributed by atoms with Crippen molar-refractivity contribution in [1.29, 1.82) is 0 Å². The van der Waals surface area contributed by atoms with Crippen LogP contribution < -0.4 is 5.32 Å². The van der Waals surface area contributed by atoms with Gasteiger partial charge in [0.15, 0.2) is 0 Å². The van der Waals surface area contributed by atoms with Crippen LogP contribution in [0.25, 0.3) is 0 Å². The first-order chi connectivity index (χ1) is 6.95. The Morgan fingerprint density at radius 1 is 1.43 bits per heavy atom. The third kappa shape index (κ3) is 3.00. The third-order valence-electron chi connectivity index (χ3n) is 2.45. The second kappa shape index (κ2) is 5.37. The van der Waals surface area contributed by atoms with E-state index in [4.69, 9.17) is 0 Å². The molecule has 0 bridgehead atoms. The molecule has 1 N–H and O–H groups in total. The molecule has 2 heterocycles. The van der Waals surface area contributed by atoms with Gasteiger partial charge in [-0.1, -0.05) is 6.07 Å². The van der Waals surface area contributed by atoms with Gasteiger partial charge in [-0.25, -0.2) is 0 Å². The number of rotatable bonds is 5. The summed E-state index contributed by atoms with van der Waals surface area (Å²) in [4.78, 5) is 4.30. The van der Waals surface area contributed by atoms with E-state index in [0.717, 1.165) is 12.3 Å². The summed E-state index contributed by atoms with van der Waals surface area (Å²) < 4.78 is 0. The lowest BCUT2D eigenvalue weighted by molar-refractivity contribution is 0.385. The van der Waals surface area contributed by atoms with E-state index in [-0.39, 0.29) is 0 Å². The van der Waals surface area contributed by atoms with Crippen molar-refractivity contribution < 1.29 is 0 Å². The molecule has 1 aliphatic rings. The van der Waals surface area contributed by atoms with Crippen LogP contribution in [0.3, 0.4) is 0 Å². The summed E-state index contributed by atoms with van der Waals surface area (Å²) in [5.41, 5.74) is 1.21. The van der Waals surface area contributed by atoms with Crippen molar-refractivity contribution in [2.45, 2.75) is 6.42 Å². The van der Waals surface area contributed by atoms with Crippen LogP contribution in [0.15, 0.2) is 24.4 Å². The van der Waals surface area contributed by atoms with E-state index in [2.05, 4.69) is 34.2 Å². The van der Waals surface area contributed by atoms with Crippen LogP contribution in [-0.2, 0) is 6.42 Å².